The molecule has 1 saturated heterocycles. The fourth-order valence-corrected chi connectivity index (χ4v) is 4.89. The van der Waals surface area contributed by atoms with Crippen molar-refractivity contribution in [2.45, 2.75) is 38.2 Å². The Labute approximate surface area is 185 Å². The molecule has 6 nitrogen and oxygen atoms in total. The Morgan fingerprint density at radius 2 is 1.84 bits per heavy atom. The van der Waals surface area contributed by atoms with Crippen LogP contribution >= 0.6 is 11.8 Å². The molecule has 0 bridgehead atoms. The van der Waals surface area contributed by atoms with E-state index in [0.717, 1.165) is 11.1 Å². The van der Waals surface area contributed by atoms with Crippen molar-refractivity contribution in [2.75, 3.05) is 7.11 Å². The fraction of sp³-hybridized carbons (Fsp3) is 0.292. The molecule has 0 spiro atoms. The van der Waals surface area contributed by atoms with Crippen molar-refractivity contribution in [1.82, 2.24) is 4.90 Å². The van der Waals surface area contributed by atoms with Crippen LogP contribution < -0.4 is 4.74 Å². The highest BCUT2D eigenvalue weighted by atomic mass is 32.2. The quantitative estimate of drug-likeness (QED) is 0.625. The van der Waals surface area contributed by atoms with E-state index >= 15 is 0 Å². The van der Waals surface area contributed by atoms with Gasteiger partial charge in [-0.3, -0.25) is 9.69 Å². The van der Waals surface area contributed by atoms with E-state index in [9.17, 15) is 9.59 Å². The second kappa shape index (κ2) is 8.98. The van der Waals surface area contributed by atoms with E-state index in [1.807, 2.05) is 61.5 Å². The molecule has 7 heteroatoms. The molecule has 0 unspecified atom stereocenters. The molecule has 0 aromatic heterocycles. The van der Waals surface area contributed by atoms with Gasteiger partial charge < -0.3 is 9.47 Å². The highest BCUT2D eigenvalue weighted by Gasteiger charge is 2.47. The van der Waals surface area contributed by atoms with Crippen LogP contribution in [0.25, 0.3) is 0 Å². The van der Waals surface area contributed by atoms with Crippen LogP contribution in [0, 0.1) is 0 Å². The molecule has 1 fully saturated rings. The van der Waals surface area contributed by atoms with Crippen molar-refractivity contribution >= 4 is 28.8 Å². The van der Waals surface area contributed by atoms with Crippen LogP contribution in [-0.2, 0) is 20.9 Å². The third-order valence-electron chi connectivity index (χ3n) is 5.39. The predicted molar refractivity (Wildman–Crippen MR) is 121 cm³/mol. The molecule has 2 aliphatic heterocycles. The number of benzene rings is 2. The van der Waals surface area contributed by atoms with Gasteiger partial charge in [-0.1, -0.05) is 61.2 Å². The first-order valence-corrected chi connectivity index (χ1v) is 11.1. The number of thioether (sulfide) groups is 1. The van der Waals surface area contributed by atoms with Crippen LogP contribution in [-0.4, -0.2) is 34.3 Å². The van der Waals surface area contributed by atoms with Crippen LogP contribution in [0.2, 0.25) is 0 Å². The number of fused-ring (bicyclic) bond motifs is 1. The average molecular weight is 437 g/mol. The highest BCUT2D eigenvalue weighted by molar-refractivity contribution is 8.15. The monoisotopic (exact) mass is 436 g/mol. The van der Waals surface area contributed by atoms with Crippen molar-refractivity contribution in [2.24, 2.45) is 4.99 Å². The van der Waals surface area contributed by atoms with Crippen LogP contribution in [0.4, 0.5) is 0 Å². The molecular weight excluding hydrogens is 412 g/mol. The number of ether oxygens (including phenoxy) is 2. The Balaban J connectivity index is 1.70. The van der Waals surface area contributed by atoms with Gasteiger partial charge in [0, 0.05) is 0 Å². The summed E-state index contributed by atoms with van der Waals surface area (Å²) in [6, 6.07) is 16.3. The third kappa shape index (κ3) is 4.10. The Morgan fingerprint density at radius 3 is 2.48 bits per heavy atom. The number of aliphatic imine (C=N–C) groups is 1. The fourth-order valence-electron chi connectivity index (χ4n) is 3.75. The maximum atomic E-state index is 13.2. The first kappa shape index (κ1) is 21.2. The number of nitrogens with zero attached hydrogens (tertiary/aromatic N) is 2. The van der Waals surface area contributed by atoms with Gasteiger partial charge >= 0.3 is 5.97 Å². The average Bonchev–Trinajstić information content (AvgIpc) is 3.12. The topological polar surface area (TPSA) is 68.2 Å². The molecule has 4 rings (SSSR count). The zero-order valence-corrected chi connectivity index (χ0v) is 18.5. The molecule has 2 atom stereocenters. The molecule has 31 heavy (non-hydrogen) atoms. The molecule has 0 N–H and O–H groups in total. The number of esters is 1. The first-order valence-electron chi connectivity index (χ1n) is 10.2. The van der Waals surface area contributed by atoms with Gasteiger partial charge in [-0.25, -0.2) is 9.79 Å². The summed E-state index contributed by atoms with van der Waals surface area (Å²) in [7, 11) is 1.60. The summed E-state index contributed by atoms with van der Waals surface area (Å²) in [5.41, 5.74) is 2.66. The number of carbonyl (C=O) groups is 2. The highest BCUT2D eigenvalue weighted by Crippen LogP contribution is 2.44. The van der Waals surface area contributed by atoms with Gasteiger partial charge in [0.2, 0.25) is 5.91 Å². The van der Waals surface area contributed by atoms with Gasteiger partial charge in [0.15, 0.2) is 5.17 Å². The van der Waals surface area contributed by atoms with E-state index in [4.69, 9.17) is 9.47 Å². The summed E-state index contributed by atoms with van der Waals surface area (Å²) in [6.07, 6.45) is 0.696. The van der Waals surface area contributed by atoms with Crippen LogP contribution in [0.15, 0.2) is 70.9 Å². The molecule has 0 saturated carbocycles. The van der Waals surface area contributed by atoms with Crippen molar-refractivity contribution in [1.29, 1.82) is 0 Å². The number of carbonyl (C=O) groups excluding carboxylic acids is 2. The smallest absolute Gasteiger partial charge is 0.338 e. The molecular formula is C24H24N2O4S. The van der Waals surface area contributed by atoms with Crippen LogP contribution in [0.3, 0.4) is 0 Å². The van der Waals surface area contributed by atoms with E-state index in [1.54, 1.807) is 18.9 Å². The van der Waals surface area contributed by atoms with Crippen LogP contribution in [0.1, 0.15) is 37.4 Å². The lowest BCUT2D eigenvalue weighted by molar-refractivity contribution is -0.141. The van der Waals surface area contributed by atoms with Gasteiger partial charge in [-0.2, -0.15) is 0 Å². The van der Waals surface area contributed by atoms with E-state index in [-0.39, 0.29) is 17.8 Å². The number of hydrogen-bond acceptors (Lipinski definition) is 6. The predicted octanol–water partition coefficient (Wildman–Crippen LogP) is 4.48. The second-order valence-electron chi connectivity index (χ2n) is 7.35. The van der Waals surface area contributed by atoms with Crippen LogP contribution in [0.5, 0.6) is 5.75 Å². The van der Waals surface area contributed by atoms with Crippen molar-refractivity contribution in [3.63, 3.8) is 0 Å². The number of rotatable bonds is 6. The standard InChI is InChI=1S/C24H24N2O4S/c1-4-19-22(27)26-21(17-10-12-18(29-3)13-11-17)20(15(2)25-24(26)31-19)23(28)30-14-16-8-6-5-7-9-16/h5-13,19,21H,4,14H2,1-3H3/t19-,21-/m0/s1. The normalized spacial score (nSPS) is 20.4. The van der Waals surface area contributed by atoms with E-state index in [1.165, 1.54) is 11.8 Å². The molecule has 2 aromatic carbocycles. The van der Waals surface area contributed by atoms with Crippen molar-refractivity contribution in [3.8, 4) is 5.75 Å². The lowest BCUT2D eigenvalue weighted by Gasteiger charge is -2.33. The molecule has 2 aromatic rings. The molecule has 2 heterocycles. The summed E-state index contributed by atoms with van der Waals surface area (Å²) in [5, 5.41) is 0.432. The number of allylic oxidation sites excluding steroid dienone is 1. The third-order valence-corrected chi connectivity index (χ3v) is 6.70. The molecule has 0 aliphatic carbocycles. The lowest BCUT2D eigenvalue weighted by atomic mass is 9.94. The summed E-state index contributed by atoms with van der Waals surface area (Å²) < 4.78 is 10.9. The van der Waals surface area contributed by atoms with Crippen molar-refractivity contribution in [3.05, 3.63) is 77.0 Å². The minimum absolute atomic E-state index is 0.0343. The van der Waals surface area contributed by atoms with Gasteiger partial charge in [-0.15, -0.1) is 0 Å². The van der Waals surface area contributed by atoms with E-state index < -0.39 is 12.0 Å². The molecule has 1 amide bonds. The number of amidine groups is 1. The maximum Gasteiger partial charge on any atom is 0.338 e. The Hall–Kier alpha value is -3.06. The molecule has 0 radical (unpaired) electrons. The Bertz CT molecular complexity index is 1050. The maximum absolute atomic E-state index is 13.2. The summed E-state index contributed by atoms with van der Waals surface area (Å²) in [6.45, 7) is 3.93. The summed E-state index contributed by atoms with van der Waals surface area (Å²) >= 11 is 1.45. The minimum Gasteiger partial charge on any atom is -0.497 e. The first-order chi connectivity index (χ1) is 15.0. The summed E-state index contributed by atoms with van der Waals surface area (Å²) in [5.74, 6) is 0.201. The number of amides is 1. The number of methoxy groups -OCH3 is 1. The SMILES string of the molecule is CC[C@@H]1SC2=NC(C)=C(C(=O)OCc3ccccc3)[C@H](c3ccc(OC)cc3)N2C1=O. The minimum atomic E-state index is -0.585. The van der Waals surface area contributed by atoms with Gasteiger partial charge in [0.05, 0.1) is 29.7 Å². The zero-order valence-electron chi connectivity index (χ0n) is 17.7. The number of hydrogen-bond donors (Lipinski definition) is 0. The zero-order chi connectivity index (χ0) is 22.0. The lowest BCUT2D eigenvalue weighted by Crippen LogP contribution is -2.40. The van der Waals surface area contributed by atoms with Crippen molar-refractivity contribution < 1.29 is 19.1 Å². The van der Waals surface area contributed by atoms with E-state index in [2.05, 4.69) is 4.99 Å². The van der Waals surface area contributed by atoms with Gasteiger partial charge in [-0.05, 0) is 36.6 Å². The van der Waals surface area contributed by atoms with Gasteiger partial charge in [0.1, 0.15) is 12.4 Å². The summed E-state index contributed by atoms with van der Waals surface area (Å²) in [4.78, 5) is 32.6. The van der Waals surface area contributed by atoms with Gasteiger partial charge in [0.25, 0.3) is 0 Å². The Morgan fingerprint density at radius 1 is 1.13 bits per heavy atom. The Kier molecular flexibility index (Phi) is 6.13. The molecule has 2 aliphatic rings. The van der Waals surface area contributed by atoms with E-state index in [0.29, 0.717) is 28.6 Å². The molecule has 160 valence electrons. The largest absolute Gasteiger partial charge is 0.497 e. The second-order valence-corrected chi connectivity index (χ2v) is 8.52.